The molecule has 0 heterocycles. The molecule has 0 radical (unpaired) electrons. The molecule has 0 spiro atoms. The summed E-state index contributed by atoms with van der Waals surface area (Å²) in [5.74, 6) is -1.80. The number of unbranched alkanes of at least 4 members (excludes halogenated alkanes) is 48. The van der Waals surface area contributed by atoms with Gasteiger partial charge in [-0.05, 0) is 25.7 Å². The molecule has 0 bridgehead atoms. The Morgan fingerprint density at radius 2 is 0.311 bits per heavy atom. The second-order valence-electron chi connectivity index (χ2n) is 19.2. The molecule has 0 aromatic carbocycles. The van der Waals surface area contributed by atoms with Crippen molar-refractivity contribution in [1.29, 1.82) is 0 Å². The van der Waals surface area contributed by atoms with Crippen molar-refractivity contribution in [3.8, 4) is 0 Å². The first-order chi connectivity index (χ1) is 29.5. The van der Waals surface area contributed by atoms with Crippen LogP contribution in [0.4, 0.5) is 0 Å². The van der Waals surface area contributed by atoms with Crippen molar-refractivity contribution in [2.75, 3.05) is 0 Å². The van der Waals surface area contributed by atoms with E-state index in [-0.39, 0.29) is 61.7 Å². The van der Waals surface area contributed by atoms with Gasteiger partial charge in [0.15, 0.2) is 0 Å². The molecule has 0 saturated carbocycles. The average Bonchev–Trinajstić information content (AvgIpc) is 3.23. The smallest absolute Gasteiger partial charge is 0.550 e. The normalized spacial score (nSPS) is 11.0. The van der Waals surface area contributed by atoms with Gasteiger partial charge in [0.1, 0.15) is 0 Å². The van der Waals surface area contributed by atoms with Crippen molar-refractivity contribution >= 4 is 60.8 Å². The molecule has 61 heavy (non-hydrogen) atoms. The molecule has 5 heteroatoms. The predicted molar refractivity (Wildman–Crippen MR) is 267 cm³/mol. The Kier molecular flexibility index (Phi) is 67.5. The number of carboxylic acid groups (broad SMARTS) is 2. The number of hydrogen-bond acceptors (Lipinski definition) is 4. The van der Waals surface area contributed by atoms with Crippen LogP contribution < -0.4 is 10.2 Å². The minimum atomic E-state index is -0.899. The monoisotopic (exact) mass is 985 g/mol. The van der Waals surface area contributed by atoms with Gasteiger partial charge < -0.3 is 19.8 Å². The zero-order valence-electron chi connectivity index (χ0n) is 42.1. The summed E-state index contributed by atoms with van der Waals surface area (Å²) in [6.07, 6.45) is 69.3. The maximum atomic E-state index is 10.3. The van der Waals surface area contributed by atoms with Gasteiger partial charge in [-0.25, -0.2) is 0 Å². The summed E-state index contributed by atoms with van der Waals surface area (Å²) in [5.41, 5.74) is 0. The molecule has 360 valence electrons. The third-order valence-electron chi connectivity index (χ3n) is 13.0. The molecule has 0 aliphatic carbocycles. The Bertz CT molecular complexity index is 725. The van der Waals surface area contributed by atoms with E-state index in [0.29, 0.717) is 0 Å². The van der Waals surface area contributed by atoms with Crippen molar-refractivity contribution in [3.05, 3.63) is 0 Å². The molecule has 0 saturated heterocycles. The van der Waals surface area contributed by atoms with Crippen LogP contribution in [0.5, 0.6) is 0 Å². The number of hydrogen-bond donors (Lipinski definition) is 0. The van der Waals surface area contributed by atoms with Gasteiger partial charge in [-0.15, -0.1) is 0 Å². The van der Waals surface area contributed by atoms with Crippen molar-refractivity contribution in [2.45, 2.75) is 348 Å². The summed E-state index contributed by atoms with van der Waals surface area (Å²) in [5, 5.41) is 20.6. The largest absolute Gasteiger partial charge is 2.00 e. The number of aliphatic carboxylic acids is 2. The van der Waals surface area contributed by atoms with E-state index in [2.05, 4.69) is 13.8 Å². The first-order valence-corrected chi connectivity index (χ1v) is 27.9. The summed E-state index contributed by atoms with van der Waals surface area (Å²) in [6, 6.07) is 0. The maximum Gasteiger partial charge on any atom is 2.00 e. The number of carboxylic acids is 2. The molecule has 0 amide bonds. The minimum absolute atomic E-state index is 0. The number of carbonyl (C=O) groups is 2. The second-order valence-corrected chi connectivity index (χ2v) is 19.2. The number of carbonyl (C=O) groups excluding carboxylic acids is 2. The SMILES string of the molecule is CCCCCCCCCCCCCCCCCCCCCCCCCCCC(=O)[O-].CCCCCCCCCCCCCCCCCCCCCCCCCCCC(=O)[O-].[Ba+2]. The Morgan fingerprint density at radius 1 is 0.213 bits per heavy atom. The molecule has 0 atom stereocenters. The van der Waals surface area contributed by atoms with E-state index < -0.39 is 11.9 Å². The van der Waals surface area contributed by atoms with Crippen LogP contribution in [-0.2, 0) is 9.59 Å². The quantitative estimate of drug-likeness (QED) is 0.0449. The molecule has 0 N–H and O–H groups in total. The zero-order valence-corrected chi connectivity index (χ0v) is 46.6. The van der Waals surface area contributed by atoms with E-state index in [9.17, 15) is 19.8 Å². The van der Waals surface area contributed by atoms with Crippen LogP contribution in [-0.4, -0.2) is 60.8 Å². The third-order valence-corrected chi connectivity index (χ3v) is 13.0. The van der Waals surface area contributed by atoms with Gasteiger partial charge in [-0.1, -0.05) is 322 Å². The van der Waals surface area contributed by atoms with Gasteiger partial charge in [-0.2, -0.15) is 0 Å². The van der Waals surface area contributed by atoms with Crippen LogP contribution in [0.1, 0.15) is 348 Å². The molecular weight excluding hydrogens is 874 g/mol. The molecule has 0 rings (SSSR count). The Balaban J connectivity index is -0.00000109. The molecule has 0 aliphatic heterocycles. The fourth-order valence-electron chi connectivity index (χ4n) is 8.82. The van der Waals surface area contributed by atoms with E-state index in [4.69, 9.17) is 0 Å². The van der Waals surface area contributed by atoms with Crippen LogP contribution >= 0.6 is 0 Å². The van der Waals surface area contributed by atoms with Gasteiger partial charge in [0.2, 0.25) is 0 Å². The van der Waals surface area contributed by atoms with Crippen molar-refractivity contribution in [2.24, 2.45) is 0 Å². The van der Waals surface area contributed by atoms with E-state index in [1.165, 1.54) is 295 Å². The number of rotatable bonds is 52. The molecular formula is C56H110BaO4. The predicted octanol–water partition coefficient (Wildman–Crippen LogP) is 17.4. The van der Waals surface area contributed by atoms with Crippen LogP contribution in [0.25, 0.3) is 0 Å². The van der Waals surface area contributed by atoms with Gasteiger partial charge in [0, 0.05) is 11.9 Å². The molecule has 4 nitrogen and oxygen atoms in total. The summed E-state index contributed by atoms with van der Waals surface area (Å²) in [6.45, 7) is 4.59. The fourth-order valence-corrected chi connectivity index (χ4v) is 8.82. The van der Waals surface area contributed by atoms with Gasteiger partial charge in [0.05, 0.1) is 0 Å². The molecule has 0 unspecified atom stereocenters. The van der Waals surface area contributed by atoms with Crippen LogP contribution in [0.2, 0.25) is 0 Å². The topological polar surface area (TPSA) is 80.3 Å². The zero-order chi connectivity index (χ0) is 43.9. The standard InChI is InChI=1S/2C28H56O2.Ba/c2*1-2-3-4-5-6-7-8-9-10-11-12-13-14-15-16-17-18-19-20-21-22-23-24-25-26-27-28(29)30;/h2*2-27H2,1H3,(H,29,30);/q;;+2/p-2. The van der Waals surface area contributed by atoms with Gasteiger partial charge in [-0.3, -0.25) is 0 Å². The van der Waals surface area contributed by atoms with E-state index >= 15 is 0 Å². The third kappa shape index (κ3) is 69.7. The Morgan fingerprint density at radius 3 is 0.410 bits per heavy atom. The van der Waals surface area contributed by atoms with Crippen molar-refractivity contribution < 1.29 is 19.8 Å². The van der Waals surface area contributed by atoms with E-state index in [1.807, 2.05) is 0 Å². The second kappa shape index (κ2) is 62.6. The summed E-state index contributed by atoms with van der Waals surface area (Å²) < 4.78 is 0. The fraction of sp³-hybridized carbons (Fsp3) is 0.964. The average molecular weight is 985 g/mol. The first-order valence-electron chi connectivity index (χ1n) is 27.9. The van der Waals surface area contributed by atoms with Crippen LogP contribution in [0.15, 0.2) is 0 Å². The summed E-state index contributed by atoms with van der Waals surface area (Å²) >= 11 is 0. The summed E-state index contributed by atoms with van der Waals surface area (Å²) in [7, 11) is 0. The Hall–Kier alpha value is 0.511. The van der Waals surface area contributed by atoms with Gasteiger partial charge >= 0.3 is 48.9 Å². The van der Waals surface area contributed by atoms with E-state index in [0.717, 1.165) is 25.7 Å². The molecule has 0 fully saturated rings. The van der Waals surface area contributed by atoms with Crippen molar-refractivity contribution in [3.63, 3.8) is 0 Å². The molecule has 0 aromatic rings. The van der Waals surface area contributed by atoms with Crippen molar-refractivity contribution in [1.82, 2.24) is 0 Å². The molecule has 0 aromatic heterocycles. The minimum Gasteiger partial charge on any atom is -0.550 e. The molecule has 0 aliphatic rings. The van der Waals surface area contributed by atoms with Crippen LogP contribution in [0.3, 0.4) is 0 Å². The maximum absolute atomic E-state index is 10.3. The van der Waals surface area contributed by atoms with E-state index in [1.54, 1.807) is 0 Å². The van der Waals surface area contributed by atoms with Gasteiger partial charge in [0.25, 0.3) is 0 Å². The first kappa shape index (κ1) is 65.8. The Labute approximate surface area is 424 Å². The van der Waals surface area contributed by atoms with Crippen LogP contribution in [0, 0.1) is 0 Å². The summed E-state index contributed by atoms with van der Waals surface area (Å²) in [4.78, 5) is 20.6.